The van der Waals surface area contributed by atoms with Crippen LogP contribution in [0.3, 0.4) is 0 Å². The second kappa shape index (κ2) is 8.50. The van der Waals surface area contributed by atoms with E-state index in [9.17, 15) is 5.11 Å². The van der Waals surface area contributed by atoms with Crippen LogP contribution < -0.4 is 0 Å². The molecule has 30 heavy (non-hydrogen) atoms. The van der Waals surface area contributed by atoms with Gasteiger partial charge in [-0.05, 0) is 60.9 Å². The smallest absolute Gasteiger partial charge is 0.151 e. The molecule has 1 N–H and O–H groups in total. The average Bonchev–Trinajstić information content (AvgIpc) is 3.11. The minimum absolute atomic E-state index is 0.125. The van der Waals surface area contributed by atoms with E-state index in [2.05, 4.69) is 56.1 Å². The average molecular weight is 423 g/mol. The van der Waals surface area contributed by atoms with E-state index < -0.39 is 0 Å². The molecule has 0 unspecified atom stereocenters. The molecule has 3 aromatic rings. The highest BCUT2D eigenvalue weighted by molar-refractivity contribution is 6.30. The molecule has 5 nitrogen and oxygen atoms in total. The van der Waals surface area contributed by atoms with Gasteiger partial charge in [0.15, 0.2) is 5.82 Å². The number of fused-ring (bicyclic) bond motifs is 3. The fraction of sp³-hybridized carbons (Fsp3) is 0.417. The number of hydrogen-bond donors (Lipinski definition) is 1. The summed E-state index contributed by atoms with van der Waals surface area (Å²) in [4.78, 5) is 2.21. The summed E-state index contributed by atoms with van der Waals surface area (Å²) in [6.45, 7) is 2.16. The molecule has 0 bridgehead atoms. The van der Waals surface area contributed by atoms with Gasteiger partial charge < -0.3 is 5.11 Å². The SMILES string of the molecule is OCCN1Cc2cc(Cl)ccc2-n2c(nnc2[C@H]2CC[C@H](c3ccccc3)CC2)C1. The zero-order valence-electron chi connectivity index (χ0n) is 17.0. The van der Waals surface area contributed by atoms with E-state index >= 15 is 0 Å². The van der Waals surface area contributed by atoms with Crippen LogP contribution in [-0.2, 0) is 13.1 Å². The standard InChI is InChI=1S/C24H27ClN4O/c25-21-10-11-22-20(14-21)15-28(12-13-30)16-23-26-27-24(29(22)23)19-8-6-18(7-9-19)17-4-2-1-3-5-17/h1-5,10-11,14,18-19,30H,6-9,12-13,15-16H2/t18-,19-. The first-order valence-corrected chi connectivity index (χ1v) is 11.2. The third-order valence-corrected chi connectivity index (χ3v) is 6.81. The highest BCUT2D eigenvalue weighted by Crippen LogP contribution is 2.41. The van der Waals surface area contributed by atoms with Crippen molar-refractivity contribution in [3.05, 3.63) is 76.3 Å². The molecule has 156 valence electrons. The summed E-state index contributed by atoms with van der Waals surface area (Å²) in [7, 11) is 0. The Hall–Kier alpha value is -2.21. The first-order valence-electron chi connectivity index (χ1n) is 10.8. The number of aliphatic hydroxyl groups is 1. The normalized spacial score (nSPS) is 21.7. The van der Waals surface area contributed by atoms with E-state index in [1.54, 1.807) is 0 Å². The Morgan fingerprint density at radius 3 is 2.47 bits per heavy atom. The molecule has 2 aromatic carbocycles. The molecule has 0 atom stereocenters. The fourth-order valence-electron chi connectivity index (χ4n) is 5.06. The Morgan fingerprint density at radius 2 is 1.70 bits per heavy atom. The monoisotopic (exact) mass is 422 g/mol. The molecule has 0 saturated heterocycles. The Morgan fingerprint density at radius 1 is 0.933 bits per heavy atom. The molecule has 2 aliphatic rings. The van der Waals surface area contributed by atoms with E-state index in [0.717, 1.165) is 47.3 Å². The molecule has 2 heterocycles. The van der Waals surface area contributed by atoms with Gasteiger partial charge in [-0.15, -0.1) is 10.2 Å². The van der Waals surface area contributed by atoms with Gasteiger partial charge in [-0.2, -0.15) is 0 Å². The van der Waals surface area contributed by atoms with Crippen molar-refractivity contribution < 1.29 is 5.11 Å². The summed E-state index contributed by atoms with van der Waals surface area (Å²) in [5.74, 6) is 3.08. The molecule has 5 rings (SSSR count). The summed E-state index contributed by atoms with van der Waals surface area (Å²) in [5.41, 5.74) is 3.74. The Bertz CT molecular complexity index is 1010. The van der Waals surface area contributed by atoms with Crippen molar-refractivity contribution in [3.63, 3.8) is 0 Å². The van der Waals surface area contributed by atoms with Gasteiger partial charge in [-0.1, -0.05) is 41.9 Å². The molecule has 0 amide bonds. The van der Waals surface area contributed by atoms with Crippen LogP contribution >= 0.6 is 11.6 Å². The number of rotatable bonds is 4. The molecule has 1 fully saturated rings. The Balaban J connectivity index is 1.45. The molecular formula is C24H27ClN4O. The maximum Gasteiger partial charge on any atom is 0.151 e. The minimum atomic E-state index is 0.125. The third kappa shape index (κ3) is 3.78. The van der Waals surface area contributed by atoms with Crippen molar-refractivity contribution in [2.75, 3.05) is 13.2 Å². The molecular weight excluding hydrogens is 396 g/mol. The highest BCUT2D eigenvalue weighted by atomic mass is 35.5. The van der Waals surface area contributed by atoms with Crippen molar-refractivity contribution in [2.45, 2.75) is 50.6 Å². The molecule has 0 radical (unpaired) electrons. The molecule has 1 aromatic heterocycles. The lowest BCUT2D eigenvalue weighted by Crippen LogP contribution is -2.25. The van der Waals surface area contributed by atoms with Crippen molar-refractivity contribution >= 4 is 11.6 Å². The zero-order valence-corrected chi connectivity index (χ0v) is 17.8. The van der Waals surface area contributed by atoms with Crippen molar-refractivity contribution in [1.82, 2.24) is 19.7 Å². The van der Waals surface area contributed by atoms with Gasteiger partial charge in [-0.3, -0.25) is 9.47 Å². The van der Waals surface area contributed by atoms with Gasteiger partial charge >= 0.3 is 0 Å². The fourth-order valence-corrected chi connectivity index (χ4v) is 5.26. The lowest BCUT2D eigenvalue weighted by atomic mass is 9.78. The predicted molar refractivity (Wildman–Crippen MR) is 118 cm³/mol. The maximum atomic E-state index is 9.48. The van der Waals surface area contributed by atoms with Crippen molar-refractivity contribution in [1.29, 1.82) is 0 Å². The molecule has 1 aliphatic carbocycles. The summed E-state index contributed by atoms with van der Waals surface area (Å²) in [6.07, 6.45) is 4.61. The third-order valence-electron chi connectivity index (χ3n) is 6.58. The van der Waals surface area contributed by atoms with Crippen LogP contribution in [0.15, 0.2) is 48.5 Å². The van der Waals surface area contributed by atoms with Gasteiger partial charge in [0.05, 0.1) is 18.8 Å². The van der Waals surface area contributed by atoms with Gasteiger partial charge in [0, 0.05) is 24.0 Å². The number of β-amino-alcohol motifs (C(OH)–C–C–N with tert-alkyl or cyclic N) is 1. The molecule has 6 heteroatoms. The molecule has 1 aliphatic heterocycles. The quantitative estimate of drug-likeness (QED) is 0.663. The van der Waals surface area contributed by atoms with Gasteiger partial charge in [0.2, 0.25) is 0 Å². The number of benzene rings is 2. The number of nitrogens with zero attached hydrogens (tertiary/aromatic N) is 4. The van der Waals surface area contributed by atoms with Crippen LogP contribution in [0.5, 0.6) is 0 Å². The number of halogens is 1. The van der Waals surface area contributed by atoms with Crippen LogP contribution in [0.4, 0.5) is 0 Å². The number of aliphatic hydroxyl groups excluding tert-OH is 1. The summed E-state index contributed by atoms with van der Waals surface area (Å²) < 4.78 is 2.26. The zero-order chi connectivity index (χ0) is 20.5. The Kier molecular flexibility index (Phi) is 5.59. The van der Waals surface area contributed by atoms with Crippen LogP contribution in [-0.4, -0.2) is 37.9 Å². The highest BCUT2D eigenvalue weighted by Gasteiger charge is 2.30. The van der Waals surface area contributed by atoms with Crippen LogP contribution in [0.25, 0.3) is 5.69 Å². The van der Waals surface area contributed by atoms with Gasteiger partial charge in [0.1, 0.15) is 5.82 Å². The van der Waals surface area contributed by atoms with E-state index in [1.165, 1.54) is 18.4 Å². The second-order valence-electron chi connectivity index (χ2n) is 8.48. The van der Waals surface area contributed by atoms with Crippen molar-refractivity contribution in [2.24, 2.45) is 0 Å². The van der Waals surface area contributed by atoms with E-state index in [-0.39, 0.29) is 6.61 Å². The number of aromatic nitrogens is 3. The van der Waals surface area contributed by atoms with E-state index in [4.69, 9.17) is 11.6 Å². The maximum absolute atomic E-state index is 9.48. The minimum Gasteiger partial charge on any atom is -0.395 e. The summed E-state index contributed by atoms with van der Waals surface area (Å²) >= 11 is 6.31. The van der Waals surface area contributed by atoms with E-state index in [1.807, 2.05) is 12.1 Å². The largest absolute Gasteiger partial charge is 0.395 e. The second-order valence-corrected chi connectivity index (χ2v) is 8.91. The van der Waals surface area contributed by atoms with Crippen LogP contribution in [0.2, 0.25) is 5.02 Å². The van der Waals surface area contributed by atoms with Gasteiger partial charge in [0.25, 0.3) is 0 Å². The number of hydrogen-bond acceptors (Lipinski definition) is 4. The first-order chi connectivity index (χ1) is 14.7. The van der Waals surface area contributed by atoms with Crippen molar-refractivity contribution in [3.8, 4) is 5.69 Å². The molecule has 1 saturated carbocycles. The van der Waals surface area contributed by atoms with Gasteiger partial charge in [-0.25, -0.2) is 0 Å². The summed E-state index contributed by atoms with van der Waals surface area (Å²) in [6, 6.07) is 16.9. The van der Waals surface area contributed by atoms with E-state index in [0.29, 0.717) is 24.9 Å². The van der Waals surface area contributed by atoms with Crippen LogP contribution in [0, 0.1) is 0 Å². The lowest BCUT2D eigenvalue weighted by molar-refractivity contribution is 0.183. The van der Waals surface area contributed by atoms with Crippen LogP contribution in [0.1, 0.15) is 60.3 Å². The lowest BCUT2D eigenvalue weighted by Gasteiger charge is -2.28. The Labute approximate surface area is 182 Å². The topological polar surface area (TPSA) is 54.2 Å². The predicted octanol–water partition coefficient (Wildman–Crippen LogP) is 4.67. The summed E-state index contributed by atoms with van der Waals surface area (Å²) in [5, 5.41) is 19.5. The molecule has 0 spiro atoms. The first kappa shape index (κ1) is 19.7.